The summed E-state index contributed by atoms with van der Waals surface area (Å²) in [6.07, 6.45) is 1.34. The average Bonchev–Trinajstić information content (AvgIpc) is 2.57. The van der Waals surface area contributed by atoms with E-state index in [2.05, 4.69) is 36.9 Å². The average molecular weight is 457 g/mol. The predicted molar refractivity (Wildman–Crippen MR) is 100 cm³/mol. The Morgan fingerprint density at radius 3 is 2.50 bits per heavy atom. The number of carbonyl (C=O) groups excluding carboxylic acids is 1. The molecule has 24 heavy (non-hydrogen) atoms. The molecule has 2 rings (SSSR count). The third kappa shape index (κ3) is 4.14. The lowest BCUT2D eigenvalue weighted by Gasteiger charge is -2.15. The van der Waals surface area contributed by atoms with E-state index in [1.165, 1.54) is 12.3 Å². The first-order valence-electron chi connectivity index (χ1n) is 6.85. The summed E-state index contributed by atoms with van der Waals surface area (Å²) in [7, 11) is 0. The number of hydrogen-bond acceptors (Lipinski definition) is 5. The van der Waals surface area contributed by atoms with Gasteiger partial charge in [0.05, 0.1) is 10.2 Å². The zero-order chi connectivity index (χ0) is 17.9. The van der Waals surface area contributed by atoms with E-state index in [4.69, 9.17) is 5.84 Å². The molecule has 6 nitrogen and oxygen atoms in total. The number of benzene rings is 2. The summed E-state index contributed by atoms with van der Waals surface area (Å²) in [6, 6.07) is 8.70. The highest BCUT2D eigenvalue weighted by Gasteiger charge is 2.14. The number of carbonyl (C=O) groups is 1. The molecule has 4 N–H and O–H groups in total. The number of nitrogens with two attached hydrogens (primary N) is 1. The highest BCUT2D eigenvalue weighted by atomic mass is 79.9. The van der Waals surface area contributed by atoms with E-state index in [1.54, 1.807) is 12.1 Å². The molecule has 1 amide bonds. The molecule has 0 bridgehead atoms. The second kappa shape index (κ2) is 7.78. The summed E-state index contributed by atoms with van der Waals surface area (Å²) in [5, 5.41) is 20.6. The van der Waals surface area contributed by atoms with Crippen LogP contribution in [0.25, 0.3) is 0 Å². The molecule has 0 atom stereocenters. The van der Waals surface area contributed by atoms with Crippen LogP contribution in [-0.2, 0) is 4.79 Å². The van der Waals surface area contributed by atoms with Crippen LogP contribution >= 0.6 is 31.9 Å². The Morgan fingerprint density at radius 1 is 1.25 bits per heavy atom. The Hall–Kier alpha value is -1.90. The fourth-order valence-electron chi connectivity index (χ4n) is 1.86. The van der Waals surface area contributed by atoms with Crippen LogP contribution in [0.5, 0.6) is 11.5 Å². The maximum Gasteiger partial charge on any atom is 0.262 e. The van der Waals surface area contributed by atoms with Gasteiger partial charge in [0.1, 0.15) is 22.5 Å². The van der Waals surface area contributed by atoms with Crippen molar-refractivity contribution in [1.29, 1.82) is 0 Å². The molecular formula is C16H15Br2N3O3. The van der Waals surface area contributed by atoms with Crippen LogP contribution in [0.4, 0.5) is 5.69 Å². The number of anilines is 1. The number of hydrogen-bond donors (Lipinski definition) is 3. The van der Waals surface area contributed by atoms with E-state index in [1.807, 2.05) is 19.1 Å². The molecule has 0 saturated heterocycles. The van der Waals surface area contributed by atoms with Gasteiger partial charge in [-0.3, -0.25) is 9.79 Å². The lowest BCUT2D eigenvalue weighted by molar-refractivity contribution is -0.117. The van der Waals surface area contributed by atoms with Crippen molar-refractivity contribution in [3.05, 3.63) is 50.4 Å². The number of nitrogens with zero attached hydrogens (tertiary/aromatic N) is 2. The smallest absolute Gasteiger partial charge is 0.262 e. The number of amides is 1. The fraction of sp³-hybridized carbons (Fsp3) is 0.125. The van der Waals surface area contributed by atoms with Crippen molar-refractivity contribution in [3.63, 3.8) is 0 Å². The molecule has 0 aliphatic carbocycles. The largest absolute Gasteiger partial charge is 0.506 e. The van der Waals surface area contributed by atoms with Crippen molar-refractivity contribution in [2.24, 2.45) is 10.8 Å². The number of halogens is 2. The van der Waals surface area contributed by atoms with Gasteiger partial charge in [0.15, 0.2) is 0 Å². The lowest BCUT2D eigenvalue weighted by atomic mass is 10.2. The topological polar surface area (TPSA) is 99.2 Å². The van der Waals surface area contributed by atoms with E-state index in [9.17, 15) is 15.0 Å². The molecule has 0 spiro atoms. The zero-order valence-electron chi connectivity index (χ0n) is 12.7. The molecular weight excluding hydrogens is 442 g/mol. The van der Waals surface area contributed by atoms with Gasteiger partial charge in [0.25, 0.3) is 5.91 Å². The summed E-state index contributed by atoms with van der Waals surface area (Å²) in [5.41, 5.74) is 1.98. The van der Waals surface area contributed by atoms with E-state index in [-0.39, 0.29) is 22.5 Å². The third-order valence-corrected chi connectivity index (χ3v) is 4.59. The molecule has 0 radical (unpaired) electrons. The van der Waals surface area contributed by atoms with Crippen molar-refractivity contribution in [2.45, 2.75) is 6.92 Å². The fourth-order valence-corrected chi connectivity index (χ4v) is 3.02. The van der Waals surface area contributed by atoms with Crippen LogP contribution in [0.2, 0.25) is 0 Å². The van der Waals surface area contributed by atoms with Gasteiger partial charge in [0, 0.05) is 11.8 Å². The molecule has 2 aromatic rings. The third-order valence-electron chi connectivity index (χ3n) is 3.24. The minimum Gasteiger partial charge on any atom is -0.506 e. The van der Waals surface area contributed by atoms with Gasteiger partial charge in [-0.25, -0.2) is 10.9 Å². The van der Waals surface area contributed by atoms with E-state index >= 15 is 0 Å². The standard InChI is InChI=1S/C16H15Br2N3O3/c1-9-2-4-11(5-3-9)21(19)13(22)8-20-7-10-6-12(17)16(24)14(18)15(10)23/h2-7,23-24H,8,19H2,1H3. The van der Waals surface area contributed by atoms with Gasteiger partial charge in [0.2, 0.25) is 0 Å². The molecule has 0 heterocycles. The number of phenols is 2. The minimum absolute atomic E-state index is 0.117. The second-order valence-corrected chi connectivity index (χ2v) is 6.68. The first-order chi connectivity index (χ1) is 11.3. The predicted octanol–water partition coefficient (Wildman–Crippen LogP) is 3.26. The Kier molecular flexibility index (Phi) is 5.98. The van der Waals surface area contributed by atoms with Crippen LogP contribution in [0, 0.1) is 6.92 Å². The van der Waals surface area contributed by atoms with Crippen LogP contribution in [-0.4, -0.2) is 28.9 Å². The zero-order valence-corrected chi connectivity index (χ0v) is 15.9. The highest BCUT2D eigenvalue weighted by Crippen LogP contribution is 2.40. The van der Waals surface area contributed by atoms with Crippen molar-refractivity contribution < 1.29 is 15.0 Å². The number of aromatic hydroxyl groups is 2. The Morgan fingerprint density at radius 2 is 1.88 bits per heavy atom. The quantitative estimate of drug-likeness (QED) is 0.284. The van der Waals surface area contributed by atoms with Crippen molar-refractivity contribution in [3.8, 4) is 11.5 Å². The van der Waals surface area contributed by atoms with E-state index in [0.717, 1.165) is 10.6 Å². The van der Waals surface area contributed by atoms with Gasteiger partial charge in [-0.15, -0.1) is 0 Å². The monoisotopic (exact) mass is 455 g/mol. The first-order valence-corrected chi connectivity index (χ1v) is 8.44. The van der Waals surface area contributed by atoms with Crippen molar-refractivity contribution in [1.82, 2.24) is 0 Å². The lowest BCUT2D eigenvalue weighted by Crippen LogP contribution is -2.39. The molecule has 0 saturated carbocycles. The summed E-state index contributed by atoms with van der Waals surface area (Å²) >= 11 is 6.24. The van der Waals surface area contributed by atoms with Crippen molar-refractivity contribution >= 4 is 49.7 Å². The molecule has 2 aromatic carbocycles. The van der Waals surface area contributed by atoms with Crippen LogP contribution in [0.1, 0.15) is 11.1 Å². The maximum atomic E-state index is 12.1. The molecule has 0 aliphatic rings. The molecule has 126 valence electrons. The second-order valence-electron chi connectivity index (χ2n) is 5.03. The summed E-state index contributed by atoms with van der Waals surface area (Å²) in [6.45, 7) is 1.76. The Bertz CT molecular complexity index is 792. The summed E-state index contributed by atoms with van der Waals surface area (Å²) in [5.74, 6) is 5.09. The van der Waals surface area contributed by atoms with Crippen LogP contribution < -0.4 is 10.9 Å². The minimum atomic E-state index is -0.397. The molecule has 0 fully saturated rings. The SMILES string of the molecule is Cc1ccc(N(N)C(=O)CN=Cc2cc(Br)c(O)c(Br)c2O)cc1. The van der Waals surface area contributed by atoms with E-state index in [0.29, 0.717) is 15.7 Å². The van der Waals surface area contributed by atoms with Crippen molar-refractivity contribution in [2.75, 3.05) is 11.6 Å². The molecule has 0 aliphatic heterocycles. The van der Waals surface area contributed by atoms with Gasteiger partial charge in [-0.2, -0.15) is 0 Å². The number of rotatable bonds is 4. The Labute approximate surface area is 155 Å². The van der Waals surface area contributed by atoms with Gasteiger partial charge >= 0.3 is 0 Å². The van der Waals surface area contributed by atoms with E-state index < -0.39 is 5.91 Å². The highest BCUT2D eigenvalue weighted by molar-refractivity contribution is 9.11. The number of aryl methyl sites for hydroxylation is 1. The van der Waals surface area contributed by atoms with Crippen LogP contribution in [0.3, 0.4) is 0 Å². The molecule has 0 unspecified atom stereocenters. The van der Waals surface area contributed by atoms with Gasteiger partial charge in [-0.1, -0.05) is 17.7 Å². The van der Waals surface area contributed by atoms with Gasteiger partial charge in [-0.05, 0) is 57.0 Å². The number of aliphatic imine (C=N–C) groups is 1. The number of hydrazine groups is 1. The Balaban J connectivity index is 2.09. The first kappa shape index (κ1) is 18.4. The summed E-state index contributed by atoms with van der Waals surface area (Å²) in [4.78, 5) is 16.1. The van der Waals surface area contributed by atoms with Gasteiger partial charge < -0.3 is 10.2 Å². The normalized spacial score (nSPS) is 11.0. The molecule has 0 aromatic heterocycles. The summed E-state index contributed by atoms with van der Waals surface area (Å²) < 4.78 is 0.532. The maximum absolute atomic E-state index is 12.1. The number of phenolic OH excluding ortho intramolecular Hbond substituents is 2. The molecule has 8 heteroatoms. The van der Waals surface area contributed by atoms with Crippen LogP contribution in [0.15, 0.2) is 44.3 Å².